The standard InChI is InChI=1S/C12H26ClNO/c1-12(2,3)15-11-10-14(4)9-7-5-6-8-13/h5-11H2,1-4H3. The van der Waals surface area contributed by atoms with E-state index < -0.39 is 0 Å². The van der Waals surface area contributed by atoms with E-state index in [1.165, 1.54) is 12.8 Å². The van der Waals surface area contributed by atoms with E-state index in [2.05, 4.69) is 32.7 Å². The van der Waals surface area contributed by atoms with Crippen molar-refractivity contribution in [2.24, 2.45) is 0 Å². The van der Waals surface area contributed by atoms with Crippen LogP contribution >= 0.6 is 11.6 Å². The van der Waals surface area contributed by atoms with Crippen molar-refractivity contribution in [3.63, 3.8) is 0 Å². The van der Waals surface area contributed by atoms with Gasteiger partial charge >= 0.3 is 0 Å². The van der Waals surface area contributed by atoms with Crippen LogP contribution in [0.3, 0.4) is 0 Å². The predicted molar refractivity (Wildman–Crippen MR) is 67.8 cm³/mol. The maximum Gasteiger partial charge on any atom is 0.0600 e. The summed E-state index contributed by atoms with van der Waals surface area (Å²) >= 11 is 5.62. The number of rotatable bonds is 8. The van der Waals surface area contributed by atoms with E-state index in [0.29, 0.717) is 0 Å². The fourth-order valence-electron chi connectivity index (χ4n) is 1.27. The third-order valence-corrected chi connectivity index (χ3v) is 2.45. The summed E-state index contributed by atoms with van der Waals surface area (Å²) in [5, 5.41) is 0. The first-order valence-electron chi connectivity index (χ1n) is 5.84. The zero-order valence-electron chi connectivity index (χ0n) is 10.7. The molecule has 0 aromatic heterocycles. The average molecular weight is 236 g/mol. The first kappa shape index (κ1) is 15.2. The molecule has 0 heterocycles. The van der Waals surface area contributed by atoms with Crippen molar-refractivity contribution in [1.82, 2.24) is 4.90 Å². The zero-order chi connectivity index (χ0) is 11.7. The minimum Gasteiger partial charge on any atom is -0.375 e. The van der Waals surface area contributed by atoms with Crippen molar-refractivity contribution < 1.29 is 4.74 Å². The normalized spacial score (nSPS) is 12.4. The fourth-order valence-corrected chi connectivity index (χ4v) is 1.46. The minimum atomic E-state index is -0.0144. The Balaban J connectivity index is 3.29. The summed E-state index contributed by atoms with van der Waals surface area (Å²) in [6.45, 7) is 9.24. The lowest BCUT2D eigenvalue weighted by atomic mass is 10.2. The average Bonchev–Trinajstić information content (AvgIpc) is 2.10. The van der Waals surface area contributed by atoms with Gasteiger partial charge in [-0.3, -0.25) is 0 Å². The van der Waals surface area contributed by atoms with E-state index in [1.807, 2.05) is 0 Å². The molecule has 0 aromatic carbocycles. The second-order valence-electron chi connectivity index (χ2n) is 5.01. The van der Waals surface area contributed by atoms with Crippen molar-refractivity contribution in [3.8, 4) is 0 Å². The maximum absolute atomic E-state index is 5.66. The Morgan fingerprint density at radius 2 is 1.73 bits per heavy atom. The number of unbranched alkanes of at least 4 members (excludes halogenated alkanes) is 2. The molecule has 0 radical (unpaired) electrons. The van der Waals surface area contributed by atoms with Gasteiger partial charge in [0.15, 0.2) is 0 Å². The van der Waals surface area contributed by atoms with Gasteiger partial charge in [0.05, 0.1) is 12.2 Å². The molecule has 0 aromatic rings. The quantitative estimate of drug-likeness (QED) is 0.474. The summed E-state index contributed by atoms with van der Waals surface area (Å²) in [6.07, 6.45) is 3.60. The van der Waals surface area contributed by atoms with Gasteiger partial charge in [-0.25, -0.2) is 0 Å². The van der Waals surface area contributed by atoms with Gasteiger partial charge in [0, 0.05) is 12.4 Å². The summed E-state index contributed by atoms with van der Waals surface area (Å²) in [7, 11) is 2.15. The molecule has 0 aliphatic heterocycles. The molecule has 0 fully saturated rings. The molecule has 0 rings (SSSR count). The fraction of sp³-hybridized carbons (Fsp3) is 1.00. The number of hydrogen-bond acceptors (Lipinski definition) is 2. The molecular weight excluding hydrogens is 210 g/mol. The smallest absolute Gasteiger partial charge is 0.0600 e. The summed E-state index contributed by atoms with van der Waals surface area (Å²) in [5.41, 5.74) is -0.0144. The highest BCUT2D eigenvalue weighted by atomic mass is 35.5. The van der Waals surface area contributed by atoms with E-state index in [0.717, 1.165) is 32.0 Å². The third-order valence-electron chi connectivity index (χ3n) is 2.18. The number of ether oxygens (including phenoxy) is 1. The maximum atomic E-state index is 5.66. The molecule has 15 heavy (non-hydrogen) atoms. The van der Waals surface area contributed by atoms with Crippen molar-refractivity contribution in [3.05, 3.63) is 0 Å². The number of alkyl halides is 1. The van der Waals surface area contributed by atoms with Gasteiger partial charge in [0.25, 0.3) is 0 Å². The monoisotopic (exact) mass is 235 g/mol. The second kappa shape index (κ2) is 8.37. The molecule has 0 amide bonds. The van der Waals surface area contributed by atoms with Crippen LogP contribution in [0.5, 0.6) is 0 Å². The van der Waals surface area contributed by atoms with Crippen LogP contribution in [0.2, 0.25) is 0 Å². The molecule has 0 spiro atoms. The second-order valence-corrected chi connectivity index (χ2v) is 5.39. The molecule has 0 saturated heterocycles. The Bertz CT molecular complexity index is 145. The van der Waals surface area contributed by atoms with Crippen LogP contribution in [0.1, 0.15) is 40.0 Å². The summed E-state index contributed by atoms with van der Waals surface area (Å²) in [6, 6.07) is 0. The third kappa shape index (κ3) is 12.1. The summed E-state index contributed by atoms with van der Waals surface area (Å²) in [4.78, 5) is 2.32. The minimum absolute atomic E-state index is 0.0144. The summed E-state index contributed by atoms with van der Waals surface area (Å²) < 4.78 is 5.66. The topological polar surface area (TPSA) is 12.5 Å². The molecular formula is C12H26ClNO. The Hall–Kier alpha value is 0.210. The van der Waals surface area contributed by atoms with Crippen LogP contribution in [0.25, 0.3) is 0 Å². The van der Waals surface area contributed by atoms with Gasteiger partial charge in [0.2, 0.25) is 0 Å². The Labute approximate surface area is 99.9 Å². The van der Waals surface area contributed by atoms with Crippen LogP contribution in [0.4, 0.5) is 0 Å². The van der Waals surface area contributed by atoms with Crippen LogP contribution < -0.4 is 0 Å². The van der Waals surface area contributed by atoms with Crippen LogP contribution in [-0.2, 0) is 4.74 Å². The molecule has 0 atom stereocenters. The molecule has 3 heteroatoms. The largest absolute Gasteiger partial charge is 0.375 e. The first-order chi connectivity index (χ1) is 6.95. The van der Waals surface area contributed by atoms with Crippen LogP contribution in [-0.4, -0.2) is 43.1 Å². The van der Waals surface area contributed by atoms with Gasteiger partial charge in [-0.15, -0.1) is 11.6 Å². The summed E-state index contributed by atoms with van der Waals surface area (Å²) in [5.74, 6) is 0.789. The number of nitrogens with zero attached hydrogens (tertiary/aromatic N) is 1. The lowest BCUT2D eigenvalue weighted by Crippen LogP contribution is -2.28. The van der Waals surface area contributed by atoms with Crippen molar-refractivity contribution in [2.75, 3.05) is 32.6 Å². The number of halogens is 1. The molecule has 2 nitrogen and oxygen atoms in total. The van der Waals surface area contributed by atoms with E-state index >= 15 is 0 Å². The van der Waals surface area contributed by atoms with Crippen molar-refractivity contribution >= 4 is 11.6 Å². The van der Waals surface area contributed by atoms with E-state index in [9.17, 15) is 0 Å². The van der Waals surface area contributed by atoms with Gasteiger partial charge in [-0.2, -0.15) is 0 Å². The first-order valence-corrected chi connectivity index (χ1v) is 6.37. The van der Waals surface area contributed by atoms with Gasteiger partial charge in [-0.05, 0) is 47.2 Å². The SMILES string of the molecule is CN(CCCCCCl)CCOC(C)(C)C. The molecule has 0 bridgehead atoms. The lowest BCUT2D eigenvalue weighted by molar-refractivity contribution is -0.0108. The van der Waals surface area contributed by atoms with Crippen molar-refractivity contribution in [2.45, 2.75) is 45.6 Å². The molecule has 0 unspecified atom stereocenters. The van der Waals surface area contributed by atoms with Crippen LogP contribution in [0, 0.1) is 0 Å². The molecule has 0 aliphatic rings. The van der Waals surface area contributed by atoms with Gasteiger partial charge in [0.1, 0.15) is 0 Å². The number of hydrogen-bond donors (Lipinski definition) is 0. The molecule has 0 N–H and O–H groups in total. The Morgan fingerprint density at radius 1 is 1.07 bits per heavy atom. The number of likely N-dealkylation sites (N-methyl/N-ethyl adjacent to an activating group) is 1. The van der Waals surface area contributed by atoms with Gasteiger partial charge in [-0.1, -0.05) is 6.42 Å². The highest BCUT2D eigenvalue weighted by molar-refractivity contribution is 6.17. The van der Waals surface area contributed by atoms with Crippen molar-refractivity contribution in [1.29, 1.82) is 0 Å². The molecule has 92 valence electrons. The van der Waals surface area contributed by atoms with Gasteiger partial charge < -0.3 is 9.64 Å². The zero-order valence-corrected chi connectivity index (χ0v) is 11.4. The predicted octanol–water partition coefficient (Wildman–Crippen LogP) is 3.14. The highest BCUT2D eigenvalue weighted by Crippen LogP contribution is 2.06. The van der Waals surface area contributed by atoms with E-state index in [-0.39, 0.29) is 5.60 Å². The molecule has 0 saturated carbocycles. The van der Waals surface area contributed by atoms with E-state index in [4.69, 9.17) is 16.3 Å². The Morgan fingerprint density at radius 3 is 2.27 bits per heavy atom. The van der Waals surface area contributed by atoms with Crippen LogP contribution in [0.15, 0.2) is 0 Å². The Kier molecular flexibility index (Phi) is 8.49. The van der Waals surface area contributed by atoms with E-state index in [1.54, 1.807) is 0 Å². The lowest BCUT2D eigenvalue weighted by Gasteiger charge is -2.22. The molecule has 0 aliphatic carbocycles. The highest BCUT2D eigenvalue weighted by Gasteiger charge is 2.09.